The Morgan fingerprint density at radius 3 is 2.41 bits per heavy atom. The molecule has 140 valence electrons. The number of carbonyl (C=O) groups is 2. The highest BCUT2D eigenvalue weighted by molar-refractivity contribution is 6.11. The van der Waals surface area contributed by atoms with Crippen molar-refractivity contribution in [1.29, 1.82) is 0 Å². The molecule has 7 nitrogen and oxygen atoms in total. The maximum Gasteiger partial charge on any atom is 0.254 e. The monoisotopic (exact) mass is 367 g/mol. The second-order valence-corrected chi connectivity index (χ2v) is 7.40. The third kappa shape index (κ3) is 2.28. The van der Waals surface area contributed by atoms with Crippen molar-refractivity contribution in [3.05, 3.63) is 53.1 Å². The molecule has 2 aliphatic rings. The average molecular weight is 367 g/mol. The van der Waals surface area contributed by atoms with Crippen molar-refractivity contribution in [3.63, 3.8) is 0 Å². The van der Waals surface area contributed by atoms with Crippen molar-refractivity contribution in [3.8, 4) is 0 Å². The summed E-state index contributed by atoms with van der Waals surface area (Å²) in [4.78, 5) is 24.8. The van der Waals surface area contributed by atoms with Gasteiger partial charge in [0.05, 0.1) is 11.4 Å². The van der Waals surface area contributed by atoms with Gasteiger partial charge in [0.15, 0.2) is 0 Å². The van der Waals surface area contributed by atoms with E-state index in [9.17, 15) is 19.8 Å². The zero-order chi connectivity index (χ0) is 19.6. The van der Waals surface area contributed by atoms with Gasteiger partial charge >= 0.3 is 0 Å². The summed E-state index contributed by atoms with van der Waals surface area (Å²) < 4.78 is 0. The van der Waals surface area contributed by atoms with Gasteiger partial charge < -0.3 is 26.2 Å². The fourth-order valence-electron chi connectivity index (χ4n) is 3.57. The molecule has 2 aromatic rings. The van der Waals surface area contributed by atoms with Gasteiger partial charge in [0.2, 0.25) is 17.4 Å². The van der Waals surface area contributed by atoms with Crippen LogP contribution < -0.4 is 16.0 Å². The molecule has 0 aromatic heterocycles. The van der Waals surface area contributed by atoms with E-state index in [-0.39, 0.29) is 17.4 Å². The lowest BCUT2D eigenvalue weighted by molar-refractivity contribution is -0.118. The minimum Gasteiger partial charge on any atom is -0.363 e. The normalized spacial score (nSPS) is 25.2. The molecule has 27 heavy (non-hydrogen) atoms. The Balaban J connectivity index is 1.81. The molecule has 7 heteroatoms. The molecule has 0 saturated carbocycles. The van der Waals surface area contributed by atoms with Crippen LogP contribution in [-0.4, -0.2) is 27.6 Å². The zero-order valence-corrected chi connectivity index (χ0v) is 15.3. The van der Waals surface area contributed by atoms with Gasteiger partial charge in [0.1, 0.15) is 0 Å². The van der Waals surface area contributed by atoms with E-state index in [0.29, 0.717) is 22.6 Å². The Kier molecular flexibility index (Phi) is 3.60. The van der Waals surface area contributed by atoms with Gasteiger partial charge in [-0.3, -0.25) is 9.59 Å². The van der Waals surface area contributed by atoms with Crippen molar-refractivity contribution < 1.29 is 19.8 Å². The number of anilines is 3. The first-order chi connectivity index (χ1) is 12.7. The Labute approximate surface area is 156 Å². The molecule has 0 radical (unpaired) electrons. The lowest BCUT2D eigenvalue weighted by atomic mass is 9.93. The highest BCUT2D eigenvalue weighted by Crippen LogP contribution is 2.50. The predicted molar refractivity (Wildman–Crippen MR) is 102 cm³/mol. The smallest absolute Gasteiger partial charge is 0.254 e. The first-order valence-corrected chi connectivity index (χ1v) is 8.78. The summed E-state index contributed by atoms with van der Waals surface area (Å²) >= 11 is 0. The summed E-state index contributed by atoms with van der Waals surface area (Å²) in [7, 11) is 0. The molecule has 0 bridgehead atoms. The van der Waals surface area contributed by atoms with Crippen LogP contribution in [0.15, 0.2) is 36.4 Å². The Morgan fingerprint density at radius 2 is 1.70 bits per heavy atom. The highest BCUT2D eigenvalue weighted by atomic mass is 16.4. The zero-order valence-electron chi connectivity index (χ0n) is 15.3. The Bertz CT molecular complexity index is 987. The number of rotatable bonds is 2. The number of amides is 1. The largest absolute Gasteiger partial charge is 0.363 e. The van der Waals surface area contributed by atoms with Crippen LogP contribution in [0, 0.1) is 12.8 Å². The van der Waals surface area contributed by atoms with Crippen LogP contribution in [0.25, 0.3) is 0 Å². The van der Waals surface area contributed by atoms with Crippen molar-refractivity contribution in [2.75, 3.05) is 16.0 Å². The maximum absolute atomic E-state index is 12.8. The summed E-state index contributed by atoms with van der Waals surface area (Å²) in [5.41, 5.74) is -1.42. The third-order valence-corrected chi connectivity index (χ3v) is 5.19. The first-order valence-electron chi connectivity index (χ1n) is 8.78. The van der Waals surface area contributed by atoms with E-state index >= 15 is 0 Å². The SMILES string of the molecule is Cc1cc2c(cc1NC(=O)C(C)C)N[C@]1(O)c3ccccc3C(=O)[C@]1(O)N2. The molecule has 1 aliphatic carbocycles. The second-order valence-electron chi connectivity index (χ2n) is 7.40. The molecule has 0 saturated heterocycles. The summed E-state index contributed by atoms with van der Waals surface area (Å²) in [6, 6.07) is 9.93. The molecular weight excluding hydrogens is 346 g/mol. The Hall–Kier alpha value is -2.90. The third-order valence-electron chi connectivity index (χ3n) is 5.19. The summed E-state index contributed by atoms with van der Waals surface area (Å²) in [5.74, 6) is -0.910. The van der Waals surface area contributed by atoms with Crippen molar-refractivity contribution in [2.24, 2.45) is 5.92 Å². The van der Waals surface area contributed by atoms with Crippen molar-refractivity contribution in [2.45, 2.75) is 32.2 Å². The number of benzene rings is 2. The van der Waals surface area contributed by atoms with Gasteiger partial charge in [0, 0.05) is 22.7 Å². The predicted octanol–water partition coefficient (Wildman–Crippen LogP) is 2.16. The number of hydrogen-bond donors (Lipinski definition) is 5. The maximum atomic E-state index is 12.8. The van der Waals surface area contributed by atoms with Gasteiger partial charge in [0.25, 0.3) is 5.72 Å². The molecule has 0 unspecified atom stereocenters. The van der Waals surface area contributed by atoms with Crippen LogP contribution in [0.5, 0.6) is 0 Å². The van der Waals surface area contributed by atoms with Crippen LogP contribution in [0.2, 0.25) is 0 Å². The van der Waals surface area contributed by atoms with E-state index in [0.717, 1.165) is 5.56 Å². The molecule has 1 amide bonds. The van der Waals surface area contributed by atoms with Crippen LogP contribution in [0.1, 0.15) is 35.3 Å². The van der Waals surface area contributed by atoms with Crippen molar-refractivity contribution >= 4 is 28.8 Å². The van der Waals surface area contributed by atoms with Gasteiger partial charge in [-0.15, -0.1) is 0 Å². The van der Waals surface area contributed by atoms with Crippen LogP contribution in [-0.2, 0) is 10.5 Å². The lowest BCUT2D eigenvalue weighted by Gasteiger charge is -2.44. The fourth-order valence-corrected chi connectivity index (χ4v) is 3.57. The quantitative estimate of drug-likeness (QED) is 0.556. The molecule has 0 fully saturated rings. The Morgan fingerprint density at radius 1 is 1.07 bits per heavy atom. The van der Waals surface area contributed by atoms with Gasteiger partial charge in [-0.05, 0) is 24.6 Å². The molecule has 1 aliphatic heterocycles. The number of aryl methyl sites for hydroxylation is 1. The number of carbonyl (C=O) groups excluding carboxylic acids is 2. The van der Waals surface area contributed by atoms with E-state index in [1.54, 1.807) is 50.2 Å². The summed E-state index contributed by atoms with van der Waals surface area (Å²) in [6.07, 6.45) is 0. The van der Waals surface area contributed by atoms with Gasteiger partial charge in [-0.25, -0.2) is 0 Å². The van der Waals surface area contributed by atoms with Crippen LogP contribution in [0.4, 0.5) is 17.1 Å². The number of Topliss-reactive ketones (excluding diaryl/α,β-unsaturated/α-hetero) is 1. The molecular formula is C20H21N3O4. The number of aliphatic hydroxyl groups is 2. The minimum atomic E-state index is -2.22. The second kappa shape index (κ2) is 5.55. The molecule has 5 N–H and O–H groups in total. The van der Waals surface area contributed by atoms with E-state index < -0.39 is 17.2 Å². The number of ketones is 1. The summed E-state index contributed by atoms with van der Waals surface area (Å²) in [6.45, 7) is 5.41. The summed E-state index contributed by atoms with van der Waals surface area (Å²) in [5, 5.41) is 30.8. The number of hydrogen-bond acceptors (Lipinski definition) is 6. The minimum absolute atomic E-state index is 0.126. The van der Waals surface area contributed by atoms with E-state index in [4.69, 9.17) is 0 Å². The van der Waals surface area contributed by atoms with Gasteiger partial charge in [-0.1, -0.05) is 38.1 Å². The molecule has 2 atom stereocenters. The first kappa shape index (κ1) is 17.5. The van der Waals surface area contributed by atoms with Crippen LogP contribution >= 0.6 is 0 Å². The molecule has 4 rings (SSSR count). The lowest BCUT2D eigenvalue weighted by Crippen LogP contribution is -2.63. The average Bonchev–Trinajstić information content (AvgIpc) is 2.79. The number of fused-ring (bicyclic) bond motifs is 4. The highest BCUT2D eigenvalue weighted by Gasteiger charge is 2.65. The van der Waals surface area contributed by atoms with Gasteiger partial charge in [-0.2, -0.15) is 0 Å². The molecule has 1 heterocycles. The van der Waals surface area contributed by atoms with E-state index in [1.165, 1.54) is 0 Å². The van der Waals surface area contributed by atoms with E-state index in [2.05, 4.69) is 16.0 Å². The standard InChI is InChI=1S/C20H21N3O4/c1-10(2)18(25)21-14-9-16-15(8-11(14)3)23-20(27)17(24)12-6-4-5-7-13(12)19(20,26)22-16/h4-10,22-23,26-27H,1-3H3,(H,21,25)/t19-,20+/m0/s1. The topological polar surface area (TPSA) is 111 Å². The molecule has 2 aromatic carbocycles. The molecule has 0 spiro atoms. The fraction of sp³-hybridized carbons (Fsp3) is 0.300. The van der Waals surface area contributed by atoms with Crippen LogP contribution in [0.3, 0.4) is 0 Å². The van der Waals surface area contributed by atoms with E-state index in [1.807, 2.05) is 6.92 Å². The number of nitrogens with one attached hydrogen (secondary N) is 3. The van der Waals surface area contributed by atoms with Crippen molar-refractivity contribution in [1.82, 2.24) is 0 Å².